The molecule has 0 unspecified atom stereocenters. The lowest BCUT2D eigenvalue weighted by molar-refractivity contribution is 0.146. The highest BCUT2D eigenvalue weighted by molar-refractivity contribution is 7.89. The van der Waals surface area contributed by atoms with Crippen LogP contribution in [0.25, 0.3) is 11.4 Å². The van der Waals surface area contributed by atoms with Crippen molar-refractivity contribution < 1.29 is 22.7 Å². The molecule has 1 aliphatic carbocycles. The van der Waals surface area contributed by atoms with Crippen molar-refractivity contribution in [3.8, 4) is 11.4 Å². The molecule has 0 aliphatic heterocycles. The molecule has 4 rings (SSSR count). The average molecular weight is 500 g/mol. The lowest BCUT2D eigenvalue weighted by Crippen LogP contribution is -2.48. The van der Waals surface area contributed by atoms with Gasteiger partial charge in [0.05, 0.1) is 10.4 Å². The van der Waals surface area contributed by atoms with Crippen molar-refractivity contribution in [1.29, 1.82) is 0 Å². The van der Waals surface area contributed by atoms with E-state index in [0.29, 0.717) is 15.7 Å². The molecule has 1 N–H and O–H groups in total. The monoisotopic (exact) mass is 499 g/mol. The molecule has 2 aromatic carbocycles. The van der Waals surface area contributed by atoms with Crippen LogP contribution in [0.2, 0.25) is 0 Å². The zero-order valence-electron chi connectivity index (χ0n) is 20.7. The number of halogens is 1. The molecular weight excluding hydrogens is 469 g/mol. The molecule has 1 aliphatic rings. The molecule has 0 bridgehead atoms. The molecular formula is C26H30FN3O4S. The summed E-state index contributed by atoms with van der Waals surface area (Å²) < 4.78 is 42.3. The summed E-state index contributed by atoms with van der Waals surface area (Å²) in [5, 5.41) is 9.53. The Hall–Kier alpha value is -3.20. The van der Waals surface area contributed by atoms with Crippen molar-refractivity contribution in [3.63, 3.8) is 0 Å². The zero-order valence-corrected chi connectivity index (χ0v) is 21.5. The fraction of sp³-hybridized carbons (Fsp3) is 0.385. The normalized spacial score (nSPS) is 19.4. The lowest BCUT2D eigenvalue weighted by atomic mass is 10.0. The number of benzene rings is 2. The fourth-order valence-electron chi connectivity index (χ4n) is 5.12. The van der Waals surface area contributed by atoms with Crippen molar-refractivity contribution in [1.82, 2.24) is 13.9 Å². The zero-order chi connectivity index (χ0) is 25.9. The van der Waals surface area contributed by atoms with Gasteiger partial charge in [-0.05, 0) is 61.9 Å². The molecule has 1 aromatic heterocycles. The van der Waals surface area contributed by atoms with Crippen LogP contribution in [0.15, 0.2) is 59.6 Å². The van der Waals surface area contributed by atoms with Gasteiger partial charge in [0.15, 0.2) is 0 Å². The summed E-state index contributed by atoms with van der Waals surface area (Å²) in [6.07, 6.45) is 0.301. The molecule has 35 heavy (non-hydrogen) atoms. The van der Waals surface area contributed by atoms with Gasteiger partial charge in [0, 0.05) is 30.4 Å². The van der Waals surface area contributed by atoms with Crippen LogP contribution in [0.4, 0.5) is 9.18 Å². The number of hydrogen-bond donors (Lipinski definition) is 1. The Morgan fingerprint density at radius 2 is 1.74 bits per heavy atom. The van der Waals surface area contributed by atoms with Gasteiger partial charge < -0.3 is 9.67 Å². The Labute approximate surface area is 205 Å². The van der Waals surface area contributed by atoms with E-state index in [1.807, 2.05) is 23.9 Å². The minimum absolute atomic E-state index is 0.0671. The molecule has 0 spiro atoms. The molecule has 1 amide bonds. The smallest absolute Gasteiger partial charge is 0.421 e. The molecule has 1 heterocycles. The number of rotatable bonds is 5. The molecule has 0 radical (unpaired) electrons. The first kappa shape index (κ1) is 24.9. The number of carboxylic acid groups (broad SMARTS) is 1. The van der Waals surface area contributed by atoms with Crippen LogP contribution in [0, 0.1) is 11.2 Å². The summed E-state index contributed by atoms with van der Waals surface area (Å²) in [6.45, 7) is 8.91. The molecule has 9 heteroatoms. The van der Waals surface area contributed by atoms with Gasteiger partial charge in [0.1, 0.15) is 11.6 Å². The van der Waals surface area contributed by atoms with E-state index < -0.39 is 21.7 Å². The number of aromatic nitrogens is 2. The van der Waals surface area contributed by atoms with E-state index in [0.717, 1.165) is 11.3 Å². The van der Waals surface area contributed by atoms with Crippen LogP contribution in [0.5, 0.6) is 0 Å². The Bertz CT molecular complexity index is 1390. The Morgan fingerprint density at radius 3 is 2.29 bits per heavy atom. The van der Waals surface area contributed by atoms with Crippen molar-refractivity contribution in [2.75, 3.05) is 0 Å². The van der Waals surface area contributed by atoms with E-state index in [2.05, 4.69) is 18.8 Å². The van der Waals surface area contributed by atoms with Crippen molar-refractivity contribution in [3.05, 3.63) is 71.8 Å². The third kappa shape index (κ3) is 4.22. The minimum Gasteiger partial charge on any atom is -0.464 e. The summed E-state index contributed by atoms with van der Waals surface area (Å²) in [5.74, 6) is 0.612. The van der Waals surface area contributed by atoms with Crippen LogP contribution in [0.3, 0.4) is 0 Å². The van der Waals surface area contributed by atoms with Gasteiger partial charge in [-0.1, -0.05) is 38.1 Å². The maximum absolute atomic E-state index is 13.7. The average Bonchev–Trinajstić information content (AvgIpc) is 3.09. The third-order valence-electron chi connectivity index (χ3n) is 6.81. The summed E-state index contributed by atoms with van der Waals surface area (Å²) >= 11 is 0. The summed E-state index contributed by atoms with van der Waals surface area (Å²) in [5.41, 5.74) is 1.45. The number of hydrogen-bond acceptors (Lipinski definition) is 4. The largest absolute Gasteiger partial charge is 0.464 e. The first-order chi connectivity index (χ1) is 16.2. The van der Waals surface area contributed by atoms with Gasteiger partial charge in [-0.25, -0.2) is 22.6 Å². The first-order valence-electron chi connectivity index (χ1n) is 11.3. The maximum atomic E-state index is 13.7. The maximum Gasteiger partial charge on any atom is 0.421 e. The summed E-state index contributed by atoms with van der Waals surface area (Å²) in [4.78, 5) is 16.2. The van der Waals surface area contributed by atoms with Gasteiger partial charge in [-0.2, -0.15) is 4.31 Å². The van der Waals surface area contributed by atoms with Crippen LogP contribution in [0.1, 0.15) is 57.7 Å². The van der Waals surface area contributed by atoms with Crippen LogP contribution >= 0.6 is 0 Å². The lowest BCUT2D eigenvalue weighted by Gasteiger charge is -2.31. The Morgan fingerprint density at radius 1 is 1.11 bits per heavy atom. The first-order valence-corrected chi connectivity index (χ1v) is 12.8. The van der Waals surface area contributed by atoms with E-state index >= 15 is 0 Å². The molecule has 3 aromatic rings. The highest BCUT2D eigenvalue weighted by Crippen LogP contribution is 2.69. The molecule has 1 saturated carbocycles. The topological polar surface area (TPSA) is 92.5 Å². The van der Waals surface area contributed by atoms with Gasteiger partial charge in [0.25, 0.3) is 10.0 Å². The predicted octanol–water partition coefficient (Wildman–Crippen LogP) is 5.60. The van der Waals surface area contributed by atoms with Crippen LogP contribution in [-0.2, 0) is 17.1 Å². The van der Waals surface area contributed by atoms with E-state index in [9.17, 15) is 22.7 Å². The molecule has 7 nitrogen and oxygen atoms in total. The Balaban J connectivity index is 1.64. The van der Waals surface area contributed by atoms with E-state index in [1.165, 1.54) is 45.0 Å². The third-order valence-corrected chi connectivity index (χ3v) is 8.87. The quantitative estimate of drug-likeness (QED) is 0.493. The second-order valence-electron chi connectivity index (χ2n) is 10.6. The van der Waals surface area contributed by atoms with Gasteiger partial charge in [0.2, 0.25) is 0 Å². The summed E-state index contributed by atoms with van der Waals surface area (Å²) in [7, 11) is -2.31. The van der Waals surface area contributed by atoms with Gasteiger partial charge >= 0.3 is 6.09 Å². The highest BCUT2D eigenvalue weighted by Gasteiger charge is 2.60. The standard InChI is InChI=1S/C26H30FN3O4S/c1-25(2,3)30(24(31)32)35(33,34)19-12-10-16(11-13-19)21-22(26(21,4)5)20-15-28-23(29(20)6)17-8-7-9-18(27)14-17/h7-15,21-22H,1-6H3,(H,31,32)/t21-,22-/m0/s1. The molecule has 1 fully saturated rings. The Kier molecular flexibility index (Phi) is 5.83. The van der Waals surface area contributed by atoms with Crippen LogP contribution in [-0.4, -0.2) is 39.0 Å². The molecule has 2 atom stereocenters. The number of imidazole rings is 1. The SMILES string of the molecule is Cn1c([C@H]2[C@H](c3ccc(S(=O)(=O)N(C(=O)O)C(C)(C)C)cc3)C2(C)C)cnc1-c1cccc(F)c1. The minimum atomic E-state index is -4.22. The fourth-order valence-corrected chi connectivity index (χ4v) is 6.74. The molecule has 0 saturated heterocycles. The number of amides is 1. The second-order valence-corrected chi connectivity index (χ2v) is 12.4. The van der Waals surface area contributed by atoms with Crippen molar-refractivity contribution in [2.45, 2.75) is 56.9 Å². The van der Waals surface area contributed by atoms with Gasteiger partial charge in [-0.15, -0.1) is 0 Å². The summed E-state index contributed by atoms with van der Waals surface area (Å²) in [6, 6.07) is 12.8. The van der Waals surface area contributed by atoms with Crippen molar-refractivity contribution >= 4 is 16.1 Å². The second kappa shape index (κ2) is 8.19. The molecule has 186 valence electrons. The van der Waals surface area contributed by atoms with Gasteiger partial charge in [-0.3, -0.25) is 0 Å². The number of carbonyl (C=O) groups is 1. The predicted molar refractivity (Wildman–Crippen MR) is 131 cm³/mol. The van der Waals surface area contributed by atoms with Crippen LogP contribution < -0.4 is 0 Å². The number of sulfonamides is 1. The van der Waals surface area contributed by atoms with E-state index in [-0.39, 0.29) is 28.0 Å². The number of nitrogens with zero attached hydrogens (tertiary/aromatic N) is 3. The van der Waals surface area contributed by atoms with Crippen molar-refractivity contribution in [2.24, 2.45) is 12.5 Å². The van der Waals surface area contributed by atoms with E-state index in [1.54, 1.807) is 18.2 Å². The van der Waals surface area contributed by atoms with E-state index in [4.69, 9.17) is 0 Å². The highest BCUT2D eigenvalue weighted by atomic mass is 32.2.